The minimum atomic E-state index is 0.458. The molecule has 1 aliphatic rings. The predicted octanol–water partition coefficient (Wildman–Crippen LogP) is 3.87. The average Bonchev–Trinajstić information content (AvgIpc) is 2.97. The molecule has 0 atom stereocenters. The molecule has 1 aromatic rings. The van der Waals surface area contributed by atoms with Gasteiger partial charge < -0.3 is 19.8 Å². The lowest BCUT2D eigenvalue weighted by Gasteiger charge is -2.21. The maximum absolute atomic E-state index is 5.97. The molecule has 6 heteroatoms. The quantitative estimate of drug-likeness (QED) is 0.375. The Morgan fingerprint density at radius 3 is 2.65 bits per heavy atom. The summed E-state index contributed by atoms with van der Waals surface area (Å²) in [5.41, 5.74) is 0.934. The second-order valence-electron chi connectivity index (χ2n) is 7.06. The molecule has 0 aliphatic heterocycles. The van der Waals surface area contributed by atoms with Crippen LogP contribution >= 0.6 is 0 Å². The monoisotopic (exact) mass is 364 g/mol. The fraction of sp³-hybridized carbons (Fsp3) is 0.800. The Balaban J connectivity index is 1.57. The van der Waals surface area contributed by atoms with E-state index in [0.29, 0.717) is 18.5 Å². The van der Waals surface area contributed by atoms with Crippen LogP contribution in [0.1, 0.15) is 75.6 Å². The Labute approximate surface area is 158 Å². The third-order valence-corrected chi connectivity index (χ3v) is 4.81. The van der Waals surface area contributed by atoms with E-state index in [0.717, 1.165) is 50.0 Å². The van der Waals surface area contributed by atoms with Crippen LogP contribution in [0, 0.1) is 13.8 Å². The maximum atomic E-state index is 5.97. The van der Waals surface area contributed by atoms with Crippen LogP contribution in [-0.2, 0) is 11.3 Å². The van der Waals surface area contributed by atoms with Crippen molar-refractivity contribution in [2.45, 2.75) is 84.8 Å². The summed E-state index contributed by atoms with van der Waals surface area (Å²) in [4.78, 5) is 8.91. The van der Waals surface area contributed by atoms with Crippen LogP contribution in [0.4, 0.5) is 0 Å². The van der Waals surface area contributed by atoms with Gasteiger partial charge in [-0.2, -0.15) is 0 Å². The van der Waals surface area contributed by atoms with Gasteiger partial charge in [-0.3, -0.25) is 0 Å². The molecule has 1 heterocycles. The molecule has 26 heavy (non-hydrogen) atoms. The molecule has 1 saturated carbocycles. The second-order valence-corrected chi connectivity index (χ2v) is 7.06. The molecule has 1 aliphatic carbocycles. The SMILES string of the molecule is CCNC(=NCc1nc(C)c(C)o1)NCCCCCOC1CCCCC1. The molecule has 1 fully saturated rings. The minimum Gasteiger partial charge on any atom is -0.444 e. The van der Waals surface area contributed by atoms with Crippen LogP contribution in [0.25, 0.3) is 0 Å². The first kappa shape index (κ1) is 20.7. The third kappa shape index (κ3) is 7.77. The normalized spacial score (nSPS) is 16.0. The molecular weight excluding hydrogens is 328 g/mol. The fourth-order valence-corrected chi connectivity index (χ4v) is 3.19. The largest absolute Gasteiger partial charge is 0.444 e. The third-order valence-electron chi connectivity index (χ3n) is 4.81. The van der Waals surface area contributed by atoms with Crippen molar-refractivity contribution in [2.75, 3.05) is 19.7 Å². The highest BCUT2D eigenvalue weighted by Crippen LogP contribution is 2.20. The van der Waals surface area contributed by atoms with Crippen LogP contribution in [0.15, 0.2) is 9.41 Å². The van der Waals surface area contributed by atoms with Gasteiger partial charge in [-0.25, -0.2) is 9.98 Å². The number of rotatable bonds is 10. The van der Waals surface area contributed by atoms with Gasteiger partial charge in [-0.1, -0.05) is 19.3 Å². The van der Waals surface area contributed by atoms with Gasteiger partial charge in [0.15, 0.2) is 5.96 Å². The van der Waals surface area contributed by atoms with E-state index in [2.05, 4.69) is 27.5 Å². The van der Waals surface area contributed by atoms with Gasteiger partial charge in [0.2, 0.25) is 5.89 Å². The Morgan fingerprint density at radius 2 is 1.96 bits per heavy atom. The average molecular weight is 365 g/mol. The lowest BCUT2D eigenvalue weighted by atomic mass is 9.98. The van der Waals surface area contributed by atoms with Gasteiger partial charge in [0.05, 0.1) is 11.8 Å². The summed E-state index contributed by atoms with van der Waals surface area (Å²) in [6.45, 7) is 9.06. The zero-order valence-electron chi connectivity index (χ0n) is 16.8. The van der Waals surface area contributed by atoms with Crippen molar-refractivity contribution < 1.29 is 9.15 Å². The van der Waals surface area contributed by atoms with Crippen molar-refractivity contribution in [3.8, 4) is 0 Å². The highest BCUT2D eigenvalue weighted by Gasteiger charge is 2.12. The van der Waals surface area contributed by atoms with Crippen molar-refractivity contribution in [2.24, 2.45) is 4.99 Å². The maximum Gasteiger partial charge on any atom is 0.216 e. The molecule has 0 aromatic carbocycles. The molecule has 0 saturated heterocycles. The van der Waals surface area contributed by atoms with E-state index in [9.17, 15) is 0 Å². The number of aryl methyl sites for hydroxylation is 2. The van der Waals surface area contributed by atoms with E-state index < -0.39 is 0 Å². The Morgan fingerprint density at radius 1 is 1.15 bits per heavy atom. The molecule has 2 N–H and O–H groups in total. The molecule has 0 amide bonds. The smallest absolute Gasteiger partial charge is 0.216 e. The van der Waals surface area contributed by atoms with Crippen LogP contribution in [0.3, 0.4) is 0 Å². The summed E-state index contributed by atoms with van der Waals surface area (Å²) >= 11 is 0. The summed E-state index contributed by atoms with van der Waals surface area (Å²) < 4.78 is 11.5. The van der Waals surface area contributed by atoms with Gasteiger partial charge >= 0.3 is 0 Å². The molecule has 0 unspecified atom stereocenters. The second kappa shape index (κ2) is 11.9. The number of nitrogens with zero attached hydrogens (tertiary/aromatic N) is 2. The minimum absolute atomic E-state index is 0.458. The Hall–Kier alpha value is -1.56. The number of hydrogen-bond donors (Lipinski definition) is 2. The lowest BCUT2D eigenvalue weighted by molar-refractivity contribution is 0.0264. The first-order chi connectivity index (χ1) is 12.7. The van der Waals surface area contributed by atoms with Crippen LogP contribution < -0.4 is 10.6 Å². The van der Waals surface area contributed by atoms with Crippen LogP contribution in [0.2, 0.25) is 0 Å². The lowest BCUT2D eigenvalue weighted by Crippen LogP contribution is -2.37. The van der Waals surface area contributed by atoms with E-state index in [-0.39, 0.29) is 0 Å². The topological polar surface area (TPSA) is 71.7 Å². The molecule has 1 aromatic heterocycles. The number of guanidine groups is 1. The molecular formula is C20H36N4O2. The van der Waals surface area contributed by atoms with Gasteiger partial charge in [0.25, 0.3) is 0 Å². The van der Waals surface area contributed by atoms with Crippen molar-refractivity contribution in [3.63, 3.8) is 0 Å². The zero-order chi connectivity index (χ0) is 18.6. The number of oxazole rings is 1. The summed E-state index contributed by atoms with van der Waals surface area (Å²) in [5.74, 6) is 2.35. The fourth-order valence-electron chi connectivity index (χ4n) is 3.19. The Bertz CT molecular complexity index is 516. The zero-order valence-corrected chi connectivity index (χ0v) is 16.8. The van der Waals surface area contributed by atoms with Crippen molar-refractivity contribution >= 4 is 5.96 Å². The van der Waals surface area contributed by atoms with Gasteiger partial charge in [-0.15, -0.1) is 0 Å². The van der Waals surface area contributed by atoms with Gasteiger partial charge in [0.1, 0.15) is 12.3 Å². The number of aliphatic imine (C=N–C) groups is 1. The van der Waals surface area contributed by atoms with E-state index >= 15 is 0 Å². The number of nitrogens with one attached hydrogen (secondary N) is 2. The van der Waals surface area contributed by atoms with Crippen molar-refractivity contribution in [1.82, 2.24) is 15.6 Å². The van der Waals surface area contributed by atoms with E-state index in [4.69, 9.17) is 9.15 Å². The van der Waals surface area contributed by atoms with Crippen LogP contribution in [-0.4, -0.2) is 36.7 Å². The van der Waals surface area contributed by atoms with Crippen molar-refractivity contribution in [1.29, 1.82) is 0 Å². The molecule has 6 nitrogen and oxygen atoms in total. The highest BCUT2D eigenvalue weighted by molar-refractivity contribution is 5.79. The van der Waals surface area contributed by atoms with Gasteiger partial charge in [-0.05, 0) is 52.9 Å². The molecule has 2 rings (SSSR count). The summed E-state index contributed by atoms with van der Waals surface area (Å²) in [7, 11) is 0. The Kier molecular flexibility index (Phi) is 9.53. The van der Waals surface area contributed by atoms with E-state index in [1.807, 2.05) is 13.8 Å². The number of hydrogen-bond acceptors (Lipinski definition) is 4. The first-order valence-corrected chi connectivity index (χ1v) is 10.3. The standard InChI is InChI=1S/C20H36N4O2/c1-4-21-20(23-15-19-24-16(2)17(3)26-19)22-13-9-6-10-14-25-18-11-7-5-8-12-18/h18H,4-15H2,1-3H3,(H2,21,22,23). The summed E-state index contributed by atoms with van der Waals surface area (Å²) in [6, 6.07) is 0. The molecule has 148 valence electrons. The number of unbranched alkanes of at least 4 members (excludes halogenated alkanes) is 2. The predicted molar refractivity (Wildman–Crippen MR) is 105 cm³/mol. The number of ether oxygens (including phenoxy) is 1. The van der Waals surface area contributed by atoms with Crippen molar-refractivity contribution in [3.05, 3.63) is 17.3 Å². The highest BCUT2D eigenvalue weighted by atomic mass is 16.5. The van der Waals surface area contributed by atoms with Gasteiger partial charge in [0, 0.05) is 19.7 Å². The molecule has 0 radical (unpaired) electrons. The van der Waals surface area contributed by atoms with E-state index in [1.54, 1.807) is 0 Å². The molecule has 0 bridgehead atoms. The molecule has 0 spiro atoms. The first-order valence-electron chi connectivity index (χ1n) is 10.3. The van der Waals surface area contributed by atoms with Crippen LogP contribution in [0.5, 0.6) is 0 Å². The summed E-state index contributed by atoms with van der Waals surface area (Å²) in [5, 5.41) is 6.65. The van der Waals surface area contributed by atoms with E-state index in [1.165, 1.54) is 38.5 Å². The number of aromatic nitrogens is 1. The summed E-state index contributed by atoms with van der Waals surface area (Å²) in [6.07, 6.45) is 10.5.